The van der Waals surface area contributed by atoms with Gasteiger partial charge in [0.2, 0.25) is 0 Å². The molecule has 3 heteroatoms. The Morgan fingerprint density at radius 3 is 2.93 bits per heavy atom. The van der Waals surface area contributed by atoms with Gasteiger partial charge in [-0.3, -0.25) is 4.98 Å². The highest BCUT2D eigenvalue weighted by Crippen LogP contribution is 2.07. The van der Waals surface area contributed by atoms with Crippen LogP contribution in [0.5, 0.6) is 0 Å². The first-order valence-corrected chi connectivity index (χ1v) is 5.26. The van der Waals surface area contributed by atoms with Gasteiger partial charge in [-0.1, -0.05) is 13.8 Å². The zero-order valence-corrected chi connectivity index (χ0v) is 9.01. The molecule has 0 bridgehead atoms. The minimum Gasteiger partial charge on any atom is -0.385 e. The van der Waals surface area contributed by atoms with E-state index in [0.717, 1.165) is 37.4 Å². The Morgan fingerprint density at radius 1 is 1.36 bits per heavy atom. The molecule has 1 heterocycles. The zero-order valence-electron chi connectivity index (χ0n) is 9.01. The van der Waals surface area contributed by atoms with Crippen molar-refractivity contribution >= 4 is 5.69 Å². The Balaban J connectivity index is 2.50. The quantitative estimate of drug-likeness (QED) is 0.725. The lowest BCUT2D eigenvalue weighted by molar-refractivity contribution is 0.711. The summed E-state index contributed by atoms with van der Waals surface area (Å²) in [7, 11) is 0. The van der Waals surface area contributed by atoms with Gasteiger partial charge in [0, 0.05) is 25.0 Å². The number of hydrogen-bond donors (Lipinski definition) is 2. The smallest absolute Gasteiger partial charge is 0.0562 e. The van der Waals surface area contributed by atoms with Crippen LogP contribution in [0.3, 0.4) is 0 Å². The lowest BCUT2D eigenvalue weighted by atomic mass is 10.3. The van der Waals surface area contributed by atoms with Crippen LogP contribution in [0.2, 0.25) is 0 Å². The molecule has 0 fully saturated rings. The fourth-order valence-electron chi connectivity index (χ4n) is 1.21. The highest BCUT2D eigenvalue weighted by molar-refractivity contribution is 5.42. The van der Waals surface area contributed by atoms with Crippen LogP contribution in [0.25, 0.3) is 0 Å². The number of anilines is 1. The molecule has 0 saturated heterocycles. The molecule has 1 aromatic heterocycles. The van der Waals surface area contributed by atoms with Crippen LogP contribution in [0.4, 0.5) is 5.69 Å². The molecular weight excluding hydrogens is 174 g/mol. The van der Waals surface area contributed by atoms with Gasteiger partial charge >= 0.3 is 0 Å². The lowest BCUT2D eigenvalue weighted by Gasteiger charge is -2.06. The van der Waals surface area contributed by atoms with Crippen molar-refractivity contribution in [1.82, 2.24) is 10.3 Å². The fraction of sp³-hybridized carbons (Fsp3) is 0.545. The van der Waals surface area contributed by atoms with E-state index in [0.29, 0.717) is 0 Å². The summed E-state index contributed by atoms with van der Waals surface area (Å²) in [6.45, 7) is 7.10. The maximum absolute atomic E-state index is 4.28. The van der Waals surface area contributed by atoms with Crippen molar-refractivity contribution in [3.8, 4) is 0 Å². The van der Waals surface area contributed by atoms with Crippen LogP contribution in [0.15, 0.2) is 18.3 Å². The van der Waals surface area contributed by atoms with Gasteiger partial charge in [0.15, 0.2) is 0 Å². The maximum Gasteiger partial charge on any atom is 0.0562 e. The third-order valence-corrected chi connectivity index (χ3v) is 1.95. The molecule has 2 N–H and O–H groups in total. The van der Waals surface area contributed by atoms with E-state index in [1.54, 1.807) is 0 Å². The summed E-state index contributed by atoms with van der Waals surface area (Å²) in [6.07, 6.45) is 3.00. The molecule has 14 heavy (non-hydrogen) atoms. The van der Waals surface area contributed by atoms with Crippen molar-refractivity contribution < 1.29 is 0 Å². The Kier molecular flexibility index (Phi) is 5.00. The summed E-state index contributed by atoms with van der Waals surface area (Å²) in [4.78, 5) is 4.28. The first kappa shape index (κ1) is 11.0. The minimum atomic E-state index is 0.845. The third-order valence-electron chi connectivity index (χ3n) is 1.95. The van der Waals surface area contributed by atoms with Crippen molar-refractivity contribution in [3.05, 3.63) is 24.0 Å². The van der Waals surface area contributed by atoms with Gasteiger partial charge in [-0.2, -0.15) is 0 Å². The molecule has 1 aromatic rings. The number of rotatable bonds is 6. The van der Waals surface area contributed by atoms with Gasteiger partial charge in [-0.05, 0) is 25.1 Å². The summed E-state index contributed by atoms with van der Waals surface area (Å²) in [5.41, 5.74) is 2.25. The molecule has 0 atom stereocenters. The first-order valence-electron chi connectivity index (χ1n) is 5.26. The molecule has 0 spiro atoms. The van der Waals surface area contributed by atoms with Crippen molar-refractivity contribution in [2.45, 2.75) is 26.8 Å². The van der Waals surface area contributed by atoms with Crippen LogP contribution in [-0.2, 0) is 6.54 Å². The topological polar surface area (TPSA) is 37.0 Å². The minimum absolute atomic E-state index is 0.845. The van der Waals surface area contributed by atoms with E-state index >= 15 is 0 Å². The molecule has 78 valence electrons. The van der Waals surface area contributed by atoms with Crippen molar-refractivity contribution in [1.29, 1.82) is 0 Å². The SMILES string of the molecule is CCCNc1ccnc(CNCC)c1. The molecule has 0 aromatic carbocycles. The molecule has 3 nitrogen and oxygen atoms in total. The molecule has 0 radical (unpaired) electrons. The van der Waals surface area contributed by atoms with E-state index < -0.39 is 0 Å². The Bertz CT molecular complexity index is 237. The molecule has 0 amide bonds. The average Bonchev–Trinajstić information content (AvgIpc) is 2.24. The predicted octanol–water partition coefficient (Wildman–Crippen LogP) is 2.01. The Morgan fingerprint density at radius 2 is 2.21 bits per heavy atom. The van der Waals surface area contributed by atoms with E-state index in [2.05, 4.69) is 35.5 Å². The van der Waals surface area contributed by atoms with Gasteiger partial charge in [0.05, 0.1) is 5.69 Å². The van der Waals surface area contributed by atoms with Crippen molar-refractivity contribution in [2.75, 3.05) is 18.4 Å². The summed E-state index contributed by atoms with van der Waals surface area (Å²) < 4.78 is 0. The van der Waals surface area contributed by atoms with Crippen LogP contribution < -0.4 is 10.6 Å². The number of hydrogen-bond acceptors (Lipinski definition) is 3. The van der Waals surface area contributed by atoms with Crippen molar-refractivity contribution in [2.24, 2.45) is 0 Å². The van der Waals surface area contributed by atoms with Crippen LogP contribution in [0, 0.1) is 0 Å². The molecular formula is C11H19N3. The second-order valence-electron chi connectivity index (χ2n) is 3.24. The van der Waals surface area contributed by atoms with Gasteiger partial charge in [0.1, 0.15) is 0 Å². The maximum atomic E-state index is 4.28. The summed E-state index contributed by atoms with van der Waals surface area (Å²) in [6, 6.07) is 4.10. The van der Waals surface area contributed by atoms with E-state index in [4.69, 9.17) is 0 Å². The first-order chi connectivity index (χ1) is 6.86. The lowest BCUT2D eigenvalue weighted by Crippen LogP contribution is -2.13. The summed E-state index contributed by atoms with van der Waals surface area (Å²) >= 11 is 0. The Hall–Kier alpha value is -1.09. The molecule has 0 aliphatic carbocycles. The predicted molar refractivity (Wildman–Crippen MR) is 60.4 cm³/mol. The van der Waals surface area contributed by atoms with E-state index in [-0.39, 0.29) is 0 Å². The zero-order chi connectivity index (χ0) is 10.2. The van der Waals surface area contributed by atoms with Crippen LogP contribution in [0.1, 0.15) is 26.0 Å². The van der Waals surface area contributed by atoms with Gasteiger partial charge in [0.25, 0.3) is 0 Å². The standard InChI is InChI=1S/C11H19N3/c1-3-6-13-10-5-7-14-11(8-10)9-12-4-2/h5,7-8,12H,3-4,6,9H2,1-2H3,(H,13,14). The second kappa shape index (κ2) is 6.38. The van der Waals surface area contributed by atoms with Gasteiger partial charge in [-0.15, -0.1) is 0 Å². The molecule has 0 aliphatic heterocycles. The summed E-state index contributed by atoms with van der Waals surface area (Å²) in [5.74, 6) is 0. The number of aromatic nitrogens is 1. The second-order valence-corrected chi connectivity index (χ2v) is 3.24. The number of nitrogens with zero attached hydrogens (tertiary/aromatic N) is 1. The molecule has 1 rings (SSSR count). The van der Waals surface area contributed by atoms with E-state index in [1.165, 1.54) is 0 Å². The van der Waals surface area contributed by atoms with Crippen LogP contribution in [-0.4, -0.2) is 18.1 Å². The van der Waals surface area contributed by atoms with E-state index in [1.807, 2.05) is 12.3 Å². The molecule has 0 unspecified atom stereocenters. The molecule has 0 saturated carbocycles. The van der Waals surface area contributed by atoms with Gasteiger partial charge in [-0.25, -0.2) is 0 Å². The monoisotopic (exact) mass is 193 g/mol. The largest absolute Gasteiger partial charge is 0.385 e. The third kappa shape index (κ3) is 3.75. The number of nitrogens with one attached hydrogen (secondary N) is 2. The van der Waals surface area contributed by atoms with E-state index in [9.17, 15) is 0 Å². The van der Waals surface area contributed by atoms with Crippen molar-refractivity contribution in [3.63, 3.8) is 0 Å². The van der Waals surface area contributed by atoms with Crippen LogP contribution >= 0.6 is 0 Å². The fourth-order valence-corrected chi connectivity index (χ4v) is 1.21. The molecule has 0 aliphatic rings. The highest BCUT2D eigenvalue weighted by Gasteiger charge is 1.95. The average molecular weight is 193 g/mol. The normalized spacial score (nSPS) is 10.1. The highest BCUT2D eigenvalue weighted by atomic mass is 14.9. The number of pyridine rings is 1. The Labute approximate surface area is 85.9 Å². The van der Waals surface area contributed by atoms with Gasteiger partial charge < -0.3 is 10.6 Å². The summed E-state index contributed by atoms with van der Waals surface area (Å²) in [5, 5.41) is 6.60.